The van der Waals surface area contributed by atoms with Crippen LogP contribution in [-0.2, 0) is 4.74 Å². The normalized spacial score (nSPS) is 24.6. The van der Waals surface area contributed by atoms with Gasteiger partial charge in [0.2, 0.25) is 0 Å². The first-order chi connectivity index (χ1) is 9.97. The molecule has 1 heterocycles. The summed E-state index contributed by atoms with van der Waals surface area (Å²) in [4.78, 5) is 14.6. The van der Waals surface area contributed by atoms with Crippen molar-refractivity contribution < 1.29 is 9.53 Å². The van der Waals surface area contributed by atoms with Crippen LogP contribution in [0.15, 0.2) is 28.7 Å². The zero-order valence-electron chi connectivity index (χ0n) is 13.0. The van der Waals surface area contributed by atoms with Gasteiger partial charge in [-0.1, -0.05) is 28.4 Å². The number of halogens is 1. The van der Waals surface area contributed by atoms with Crippen molar-refractivity contribution in [2.24, 2.45) is 0 Å². The summed E-state index contributed by atoms with van der Waals surface area (Å²) >= 11 is 3.38. The number of esters is 1. The van der Waals surface area contributed by atoms with Crippen molar-refractivity contribution in [3.63, 3.8) is 0 Å². The van der Waals surface area contributed by atoms with Crippen molar-refractivity contribution in [2.45, 2.75) is 58.2 Å². The summed E-state index contributed by atoms with van der Waals surface area (Å²) < 4.78 is 6.48. The third-order valence-electron chi connectivity index (χ3n) is 4.21. The summed E-state index contributed by atoms with van der Waals surface area (Å²) in [5.41, 5.74) is 0.593. The maximum Gasteiger partial charge on any atom is 0.338 e. The van der Waals surface area contributed by atoms with Crippen molar-refractivity contribution in [1.29, 1.82) is 0 Å². The van der Waals surface area contributed by atoms with Crippen molar-refractivity contribution in [3.05, 3.63) is 34.3 Å². The Balaban J connectivity index is 1.92. The van der Waals surface area contributed by atoms with E-state index < -0.39 is 0 Å². The first-order valence-corrected chi connectivity index (χ1v) is 8.49. The van der Waals surface area contributed by atoms with Gasteiger partial charge in [0.15, 0.2) is 0 Å². The van der Waals surface area contributed by atoms with Crippen molar-refractivity contribution in [1.82, 2.24) is 4.90 Å². The van der Waals surface area contributed by atoms with Gasteiger partial charge in [-0.3, -0.25) is 4.90 Å². The topological polar surface area (TPSA) is 29.5 Å². The fourth-order valence-corrected chi connectivity index (χ4v) is 3.43. The van der Waals surface area contributed by atoms with E-state index in [2.05, 4.69) is 34.7 Å². The van der Waals surface area contributed by atoms with Crippen LogP contribution in [0.25, 0.3) is 0 Å². The van der Waals surface area contributed by atoms with Gasteiger partial charge in [-0.05, 0) is 51.8 Å². The zero-order chi connectivity index (χ0) is 15.4. The minimum atomic E-state index is -0.249. The molecule has 116 valence electrons. The molecule has 4 heteroatoms. The Morgan fingerprint density at radius 3 is 2.67 bits per heavy atom. The van der Waals surface area contributed by atoms with Gasteiger partial charge in [0.25, 0.3) is 0 Å². The van der Waals surface area contributed by atoms with Gasteiger partial charge in [-0.25, -0.2) is 4.79 Å². The highest BCUT2D eigenvalue weighted by Crippen LogP contribution is 2.23. The highest BCUT2D eigenvalue weighted by molar-refractivity contribution is 9.10. The molecule has 1 aliphatic heterocycles. The first kappa shape index (κ1) is 16.5. The van der Waals surface area contributed by atoms with Crippen LogP contribution in [0, 0.1) is 0 Å². The first-order valence-electron chi connectivity index (χ1n) is 7.69. The molecule has 0 aromatic heterocycles. The van der Waals surface area contributed by atoms with E-state index in [1.54, 1.807) is 12.1 Å². The van der Waals surface area contributed by atoms with E-state index >= 15 is 0 Å². The number of ether oxygens (including phenoxy) is 1. The highest BCUT2D eigenvalue weighted by atomic mass is 79.9. The Morgan fingerprint density at radius 1 is 1.38 bits per heavy atom. The van der Waals surface area contributed by atoms with Gasteiger partial charge >= 0.3 is 5.97 Å². The molecule has 2 rings (SSSR count). The maximum absolute atomic E-state index is 12.2. The van der Waals surface area contributed by atoms with Gasteiger partial charge in [0, 0.05) is 23.1 Å². The molecule has 1 fully saturated rings. The van der Waals surface area contributed by atoms with Gasteiger partial charge in [0.05, 0.1) is 5.56 Å². The second-order valence-corrected chi connectivity index (χ2v) is 6.97. The lowest BCUT2D eigenvalue weighted by molar-refractivity contribution is 0.00811. The summed E-state index contributed by atoms with van der Waals surface area (Å²) in [5.74, 6) is -0.249. The molecule has 1 aliphatic rings. The molecule has 0 N–H and O–H groups in total. The molecular weight excluding hydrogens is 330 g/mol. The van der Waals surface area contributed by atoms with Crippen LogP contribution in [0.5, 0.6) is 0 Å². The number of carbonyl (C=O) groups is 1. The monoisotopic (exact) mass is 353 g/mol. The molecular formula is C17H24BrNO2. The van der Waals surface area contributed by atoms with Crippen LogP contribution >= 0.6 is 15.9 Å². The van der Waals surface area contributed by atoms with E-state index in [-0.39, 0.29) is 12.1 Å². The molecule has 1 aromatic rings. The summed E-state index contributed by atoms with van der Waals surface area (Å²) in [6.45, 7) is 7.31. The fraction of sp³-hybridized carbons (Fsp3) is 0.588. The van der Waals surface area contributed by atoms with Crippen molar-refractivity contribution >= 4 is 21.9 Å². The predicted molar refractivity (Wildman–Crippen MR) is 88.5 cm³/mol. The smallest absolute Gasteiger partial charge is 0.338 e. The van der Waals surface area contributed by atoms with Gasteiger partial charge in [0.1, 0.15) is 6.10 Å². The van der Waals surface area contributed by atoms with Gasteiger partial charge in [-0.2, -0.15) is 0 Å². The lowest BCUT2D eigenvalue weighted by Gasteiger charge is -2.40. The summed E-state index contributed by atoms with van der Waals surface area (Å²) in [5, 5.41) is 0. The minimum absolute atomic E-state index is 0.0977. The van der Waals surface area contributed by atoms with E-state index in [1.165, 1.54) is 19.3 Å². The lowest BCUT2D eigenvalue weighted by atomic mass is 9.97. The number of hydrogen-bond acceptors (Lipinski definition) is 3. The number of nitrogens with zero attached hydrogens (tertiary/aromatic N) is 1. The number of carbonyl (C=O) groups excluding carboxylic acids is 1. The van der Waals surface area contributed by atoms with E-state index in [0.717, 1.165) is 11.0 Å². The molecule has 0 aliphatic carbocycles. The number of likely N-dealkylation sites (tertiary alicyclic amines) is 1. The summed E-state index contributed by atoms with van der Waals surface area (Å²) in [7, 11) is 0. The number of piperidine rings is 1. The van der Waals surface area contributed by atoms with E-state index in [0.29, 0.717) is 17.6 Å². The molecule has 0 spiro atoms. The molecule has 0 amide bonds. The Hall–Kier alpha value is -0.870. The Morgan fingerprint density at radius 2 is 2.05 bits per heavy atom. The zero-order valence-corrected chi connectivity index (χ0v) is 14.6. The van der Waals surface area contributed by atoms with Gasteiger partial charge in [-0.15, -0.1) is 0 Å². The molecule has 1 saturated heterocycles. The molecule has 3 nitrogen and oxygen atoms in total. The largest absolute Gasteiger partial charge is 0.458 e. The Bertz CT molecular complexity index is 481. The predicted octanol–water partition coefficient (Wildman–Crippen LogP) is 4.26. The van der Waals surface area contributed by atoms with E-state index in [9.17, 15) is 4.79 Å². The van der Waals surface area contributed by atoms with Crippen LogP contribution in [0.1, 0.15) is 50.4 Å². The molecule has 0 bridgehead atoms. The third-order valence-corrected chi connectivity index (χ3v) is 4.71. The average molecular weight is 354 g/mol. The number of hydrogen-bond donors (Lipinski definition) is 0. The van der Waals surface area contributed by atoms with Crippen molar-refractivity contribution in [3.8, 4) is 0 Å². The summed E-state index contributed by atoms with van der Waals surface area (Å²) in [6.07, 6.45) is 3.66. The fourth-order valence-electron chi connectivity index (χ4n) is 3.04. The van der Waals surface area contributed by atoms with Crippen LogP contribution in [0.2, 0.25) is 0 Å². The second kappa shape index (κ2) is 7.41. The molecule has 0 saturated carbocycles. The Labute approximate surface area is 135 Å². The maximum atomic E-state index is 12.2. The Kier molecular flexibility index (Phi) is 5.82. The molecule has 0 radical (unpaired) electrons. The third kappa shape index (κ3) is 4.55. The highest BCUT2D eigenvalue weighted by Gasteiger charge is 2.26. The van der Waals surface area contributed by atoms with Crippen molar-refractivity contribution in [2.75, 3.05) is 6.54 Å². The SMILES string of the molecule is C[C@@H](CN1[C@@H](C)CCC[C@@H]1C)OC(=O)c1cccc(Br)c1. The number of rotatable bonds is 4. The van der Waals surface area contributed by atoms with E-state index in [4.69, 9.17) is 4.74 Å². The second-order valence-electron chi connectivity index (χ2n) is 6.05. The average Bonchev–Trinajstić information content (AvgIpc) is 2.43. The molecule has 0 unspecified atom stereocenters. The summed E-state index contributed by atoms with van der Waals surface area (Å²) in [6, 6.07) is 8.46. The molecule has 21 heavy (non-hydrogen) atoms. The quantitative estimate of drug-likeness (QED) is 0.757. The molecule has 1 aromatic carbocycles. The standard InChI is InChI=1S/C17H24BrNO2/c1-12-6-4-7-13(2)19(12)11-14(3)21-17(20)15-8-5-9-16(18)10-15/h5,8-10,12-14H,4,6-7,11H2,1-3H3/t12-,13-,14-/m0/s1. The minimum Gasteiger partial charge on any atom is -0.458 e. The lowest BCUT2D eigenvalue weighted by Crippen LogP contribution is -2.47. The number of benzene rings is 1. The van der Waals surface area contributed by atoms with Crippen LogP contribution in [0.4, 0.5) is 0 Å². The van der Waals surface area contributed by atoms with Gasteiger partial charge < -0.3 is 4.74 Å². The van der Waals surface area contributed by atoms with Crippen LogP contribution < -0.4 is 0 Å². The molecule has 3 atom stereocenters. The van der Waals surface area contributed by atoms with E-state index in [1.807, 2.05) is 19.1 Å². The van der Waals surface area contributed by atoms with Crippen LogP contribution in [0.3, 0.4) is 0 Å². The van der Waals surface area contributed by atoms with Crippen LogP contribution in [-0.4, -0.2) is 35.6 Å².